The van der Waals surface area contributed by atoms with Crippen molar-refractivity contribution in [3.05, 3.63) is 112 Å². The van der Waals surface area contributed by atoms with Crippen LogP contribution in [0.15, 0.2) is 89.8 Å². The molecule has 0 aromatic heterocycles. The smallest absolute Gasteiger partial charge is 0.293 e. The molecule has 0 unspecified atom stereocenters. The predicted octanol–water partition coefficient (Wildman–Crippen LogP) is 4.92. The van der Waals surface area contributed by atoms with Gasteiger partial charge >= 0.3 is 0 Å². The Labute approximate surface area is 221 Å². The van der Waals surface area contributed by atoms with Gasteiger partial charge in [0.1, 0.15) is 0 Å². The van der Waals surface area contributed by atoms with Gasteiger partial charge < -0.3 is 4.90 Å². The van der Waals surface area contributed by atoms with Crippen LogP contribution in [0.3, 0.4) is 0 Å². The van der Waals surface area contributed by atoms with Crippen LogP contribution in [0.1, 0.15) is 27.0 Å². The third kappa shape index (κ3) is 6.18. The predicted molar refractivity (Wildman–Crippen MR) is 147 cm³/mol. The van der Waals surface area contributed by atoms with Crippen LogP contribution in [-0.2, 0) is 17.8 Å². The van der Waals surface area contributed by atoms with E-state index in [0.717, 1.165) is 48.9 Å². The highest BCUT2D eigenvalue weighted by Crippen LogP contribution is 2.33. The minimum absolute atomic E-state index is 0.00450. The lowest BCUT2D eigenvalue weighted by molar-refractivity contribution is -0.123. The van der Waals surface area contributed by atoms with E-state index in [1.165, 1.54) is 10.5 Å². The van der Waals surface area contributed by atoms with Crippen LogP contribution in [0.2, 0.25) is 0 Å². The lowest BCUT2D eigenvalue weighted by Gasteiger charge is -2.34. The Morgan fingerprint density at radius 1 is 0.811 bits per heavy atom. The van der Waals surface area contributed by atoms with Crippen molar-refractivity contribution in [1.82, 2.24) is 14.7 Å². The average Bonchev–Trinajstić information content (AvgIpc) is 3.20. The largest absolute Gasteiger partial charge is 0.336 e. The van der Waals surface area contributed by atoms with Gasteiger partial charge in [-0.3, -0.25) is 24.2 Å². The number of nitrogens with zero attached hydrogens (tertiary/aromatic N) is 3. The molecule has 3 amide bonds. The second-order valence-electron chi connectivity index (χ2n) is 9.25. The second kappa shape index (κ2) is 11.6. The quantitative estimate of drug-likeness (QED) is 0.421. The Hall–Kier alpha value is -3.68. The number of carbonyl (C=O) groups is 3. The number of carbonyl (C=O) groups excluding carboxylic acids is 3. The molecule has 3 aromatic carbocycles. The Kier molecular flexibility index (Phi) is 7.82. The van der Waals surface area contributed by atoms with Gasteiger partial charge in [0.25, 0.3) is 17.1 Å². The highest BCUT2D eigenvalue weighted by atomic mass is 32.2. The summed E-state index contributed by atoms with van der Waals surface area (Å²) in [5.41, 5.74) is 3.56. The van der Waals surface area contributed by atoms with Gasteiger partial charge in [0.15, 0.2) is 0 Å². The van der Waals surface area contributed by atoms with Crippen LogP contribution >= 0.6 is 11.8 Å². The maximum atomic E-state index is 13.2. The van der Waals surface area contributed by atoms with Crippen molar-refractivity contribution in [3.63, 3.8) is 0 Å². The molecule has 2 heterocycles. The highest BCUT2D eigenvalue weighted by molar-refractivity contribution is 8.18. The fourth-order valence-electron chi connectivity index (χ4n) is 4.60. The summed E-state index contributed by atoms with van der Waals surface area (Å²) in [7, 11) is 0. The summed E-state index contributed by atoms with van der Waals surface area (Å²) < 4.78 is 0. The van der Waals surface area contributed by atoms with E-state index >= 15 is 0 Å². The summed E-state index contributed by atoms with van der Waals surface area (Å²) in [5.74, 6) is -0.308. The number of rotatable bonds is 7. The number of amides is 3. The molecule has 0 saturated carbocycles. The fraction of sp³-hybridized carbons (Fsp3) is 0.233. The second-order valence-corrected chi connectivity index (χ2v) is 10.2. The van der Waals surface area contributed by atoms with Crippen LogP contribution < -0.4 is 0 Å². The van der Waals surface area contributed by atoms with Gasteiger partial charge in [-0.1, -0.05) is 72.8 Å². The maximum absolute atomic E-state index is 13.2. The lowest BCUT2D eigenvalue weighted by Crippen LogP contribution is -2.49. The summed E-state index contributed by atoms with van der Waals surface area (Å²) in [5, 5.41) is -0.280. The van der Waals surface area contributed by atoms with E-state index in [0.29, 0.717) is 23.6 Å². The standard InChI is InChI=1S/C30H29N3O3S/c34-28(32-18-16-31(17-19-32)15-14-23-8-3-1-4-9-23)26-13-7-12-25(20-26)21-27-29(35)33(30(36)37-27)22-24-10-5-2-6-11-24/h1-13,20-21H,14-19,22H2. The van der Waals surface area contributed by atoms with Gasteiger partial charge in [0.05, 0.1) is 11.4 Å². The number of hydrogen-bond acceptors (Lipinski definition) is 5. The van der Waals surface area contributed by atoms with Crippen LogP contribution in [0.25, 0.3) is 6.08 Å². The first kappa shape index (κ1) is 25.0. The van der Waals surface area contributed by atoms with Gasteiger partial charge in [-0.2, -0.15) is 0 Å². The monoisotopic (exact) mass is 511 g/mol. The summed E-state index contributed by atoms with van der Waals surface area (Å²) >= 11 is 0.939. The molecule has 5 rings (SSSR count). The van der Waals surface area contributed by atoms with Crippen molar-refractivity contribution in [1.29, 1.82) is 0 Å². The number of hydrogen-bond donors (Lipinski definition) is 0. The number of imide groups is 1. The molecule has 3 aromatic rings. The molecule has 6 nitrogen and oxygen atoms in total. The third-order valence-corrected chi connectivity index (χ3v) is 7.61. The summed E-state index contributed by atoms with van der Waals surface area (Å²) in [6.45, 7) is 4.32. The van der Waals surface area contributed by atoms with E-state index < -0.39 is 0 Å². The van der Waals surface area contributed by atoms with Crippen LogP contribution in [-0.4, -0.2) is 64.5 Å². The van der Waals surface area contributed by atoms with E-state index in [1.807, 2.05) is 59.5 Å². The van der Waals surface area contributed by atoms with Crippen molar-refractivity contribution < 1.29 is 14.4 Å². The van der Waals surface area contributed by atoms with E-state index in [4.69, 9.17) is 0 Å². The maximum Gasteiger partial charge on any atom is 0.293 e. The molecule has 0 aliphatic carbocycles. The van der Waals surface area contributed by atoms with Gasteiger partial charge in [-0.25, -0.2) is 0 Å². The first-order valence-corrected chi connectivity index (χ1v) is 13.3. The molecule has 2 aliphatic heterocycles. The summed E-state index contributed by atoms with van der Waals surface area (Å²) in [4.78, 5) is 44.5. The zero-order chi connectivity index (χ0) is 25.6. The number of benzene rings is 3. The molecule has 2 fully saturated rings. The Bertz CT molecular complexity index is 1300. The number of piperazine rings is 1. The third-order valence-electron chi connectivity index (χ3n) is 6.71. The molecule has 7 heteroatoms. The lowest BCUT2D eigenvalue weighted by atomic mass is 10.1. The van der Waals surface area contributed by atoms with Gasteiger partial charge in [0.2, 0.25) is 0 Å². The molecule has 0 spiro atoms. The Balaban J connectivity index is 1.19. The zero-order valence-corrected chi connectivity index (χ0v) is 21.4. The van der Waals surface area contributed by atoms with Crippen LogP contribution in [0.5, 0.6) is 0 Å². The summed E-state index contributed by atoms with van der Waals surface area (Å²) in [6, 6.07) is 27.2. The molecule has 2 aliphatic rings. The van der Waals surface area contributed by atoms with Crippen LogP contribution in [0.4, 0.5) is 4.79 Å². The zero-order valence-electron chi connectivity index (χ0n) is 20.6. The summed E-state index contributed by atoms with van der Waals surface area (Å²) in [6.07, 6.45) is 2.71. The van der Waals surface area contributed by atoms with Crippen molar-refractivity contribution in [3.8, 4) is 0 Å². The van der Waals surface area contributed by atoms with Gasteiger partial charge in [-0.15, -0.1) is 0 Å². The average molecular weight is 512 g/mol. The van der Waals surface area contributed by atoms with E-state index in [1.54, 1.807) is 12.1 Å². The van der Waals surface area contributed by atoms with Crippen LogP contribution in [0, 0.1) is 0 Å². The van der Waals surface area contributed by atoms with Gasteiger partial charge in [-0.05, 0) is 53.1 Å². The minimum atomic E-state index is -0.304. The SMILES string of the molecule is O=C(c1cccc(C=C2SC(=O)N(Cc3ccccc3)C2=O)c1)N1CCN(CCc2ccccc2)CC1. The van der Waals surface area contributed by atoms with E-state index in [2.05, 4.69) is 29.2 Å². The molecular weight excluding hydrogens is 482 g/mol. The topological polar surface area (TPSA) is 60.9 Å². The molecule has 2 saturated heterocycles. The first-order chi connectivity index (χ1) is 18.1. The highest BCUT2D eigenvalue weighted by Gasteiger charge is 2.35. The molecule has 0 bridgehead atoms. The molecule has 0 radical (unpaired) electrons. The molecular formula is C30H29N3O3S. The molecule has 188 valence electrons. The van der Waals surface area contributed by atoms with E-state index in [-0.39, 0.29) is 23.6 Å². The number of thioether (sulfide) groups is 1. The minimum Gasteiger partial charge on any atom is -0.336 e. The van der Waals surface area contributed by atoms with Crippen molar-refractivity contribution >= 4 is 34.9 Å². The normalized spacial score (nSPS) is 17.6. The fourth-order valence-corrected chi connectivity index (χ4v) is 5.44. The Morgan fingerprint density at radius 3 is 2.19 bits per heavy atom. The first-order valence-electron chi connectivity index (χ1n) is 12.5. The Morgan fingerprint density at radius 2 is 1.49 bits per heavy atom. The van der Waals surface area contributed by atoms with E-state index in [9.17, 15) is 14.4 Å². The van der Waals surface area contributed by atoms with Gasteiger partial charge in [0, 0.05) is 38.3 Å². The molecule has 0 atom stereocenters. The molecule has 37 heavy (non-hydrogen) atoms. The molecule has 0 N–H and O–H groups in total. The van der Waals surface area contributed by atoms with Crippen molar-refractivity contribution in [2.45, 2.75) is 13.0 Å². The van der Waals surface area contributed by atoms with Crippen molar-refractivity contribution in [2.24, 2.45) is 0 Å². The van der Waals surface area contributed by atoms with Crippen molar-refractivity contribution in [2.75, 3.05) is 32.7 Å².